The number of ether oxygens (including phenoxy) is 1. The van der Waals surface area contributed by atoms with E-state index in [2.05, 4.69) is 18.8 Å². The Balaban J connectivity index is 2.01. The van der Waals surface area contributed by atoms with Crippen molar-refractivity contribution in [3.8, 4) is 5.75 Å². The number of carbonyl (C=O) groups is 1. The molecule has 20 heavy (non-hydrogen) atoms. The van der Waals surface area contributed by atoms with Crippen molar-refractivity contribution in [2.75, 3.05) is 0 Å². The van der Waals surface area contributed by atoms with Gasteiger partial charge in [-0.3, -0.25) is 4.79 Å². The molecule has 0 N–H and O–H groups in total. The Morgan fingerprint density at radius 1 is 1.35 bits per heavy atom. The van der Waals surface area contributed by atoms with Gasteiger partial charge in [-0.05, 0) is 25.5 Å². The van der Waals surface area contributed by atoms with Gasteiger partial charge in [0.05, 0.1) is 17.1 Å². The summed E-state index contributed by atoms with van der Waals surface area (Å²) in [7, 11) is 0. The molecule has 0 unspecified atom stereocenters. The van der Waals surface area contributed by atoms with Crippen molar-refractivity contribution < 1.29 is 9.53 Å². The summed E-state index contributed by atoms with van der Waals surface area (Å²) in [6.45, 7) is 8.14. The number of nitrogens with zero attached hydrogens (tertiary/aromatic N) is 1. The number of esters is 1. The third-order valence-electron chi connectivity index (χ3n) is 2.94. The number of hydrogen-bond donors (Lipinski definition) is 0. The molecule has 0 fully saturated rings. The van der Waals surface area contributed by atoms with Crippen molar-refractivity contribution in [1.29, 1.82) is 0 Å². The predicted octanol–water partition coefficient (Wildman–Crippen LogP) is 4.03. The van der Waals surface area contributed by atoms with Crippen molar-refractivity contribution >= 4 is 17.3 Å². The van der Waals surface area contributed by atoms with E-state index in [1.54, 1.807) is 11.3 Å². The van der Waals surface area contributed by atoms with E-state index in [4.69, 9.17) is 4.74 Å². The van der Waals surface area contributed by atoms with E-state index in [0.717, 1.165) is 21.8 Å². The molecule has 1 aromatic heterocycles. The van der Waals surface area contributed by atoms with Crippen molar-refractivity contribution in [2.24, 2.45) is 0 Å². The largest absolute Gasteiger partial charge is 0.426 e. The van der Waals surface area contributed by atoms with Crippen LogP contribution in [0.4, 0.5) is 0 Å². The molecule has 0 saturated heterocycles. The highest BCUT2D eigenvalue weighted by Gasteiger charge is 2.12. The average molecular weight is 289 g/mol. The van der Waals surface area contributed by atoms with E-state index in [-0.39, 0.29) is 12.4 Å². The minimum Gasteiger partial charge on any atom is -0.426 e. The molecule has 0 amide bonds. The summed E-state index contributed by atoms with van der Waals surface area (Å²) in [5.41, 5.74) is 2.91. The maximum Gasteiger partial charge on any atom is 0.317 e. The first-order valence-corrected chi connectivity index (χ1v) is 7.56. The number of thiazole rings is 1. The van der Waals surface area contributed by atoms with Gasteiger partial charge in [-0.25, -0.2) is 4.98 Å². The van der Waals surface area contributed by atoms with Crippen LogP contribution in [0.15, 0.2) is 23.6 Å². The Hall–Kier alpha value is -1.68. The summed E-state index contributed by atoms with van der Waals surface area (Å²) >= 11 is 1.59. The van der Waals surface area contributed by atoms with Gasteiger partial charge in [0.25, 0.3) is 0 Å². The second-order valence-electron chi connectivity index (χ2n) is 5.25. The molecule has 2 aromatic rings. The Morgan fingerprint density at radius 3 is 2.70 bits per heavy atom. The lowest BCUT2D eigenvalue weighted by atomic mass is 10.1. The molecule has 0 radical (unpaired) electrons. The molecule has 1 heterocycles. The van der Waals surface area contributed by atoms with Crippen LogP contribution in [0.3, 0.4) is 0 Å². The van der Waals surface area contributed by atoms with Gasteiger partial charge in [0.2, 0.25) is 0 Å². The first-order chi connectivity index (χ1) is 9.45. The van der Waals surface area contributed by atoms with E-state index >= 15 is 0 Å². The topological polar surface area (TPSA) is 39.2 Å². The molecule has 0 bridgehead atoms. The highest BCUT2D eigenvalue weighted by Crippen LogP contribution is 2.21. The predicted molar refractivity (Wildman–Crippen MR) is 81.5 cm³/mol. The van der Waals surface area contributed by atoms with Gasteiger partial charge in [0, 0.05) is 11.3 Å². The molecule has 0 aliphatic carbocycles. The van der Waals surface area contributed by atoms with Crippen LogP contribution in [0, 0.1) is 13.8 Å². The van der Waals surface area contributed by atoms with E-state index in [1.807, 2.05) is 37.4 Å². The lowest BCUT2D eigenvalue weighted by Gasteiger charge is -2.07. The number of rotatable bonds is 4. The van der Waals surface area contributed by atoms with Crippen LogP contribution >= 0.6 is 11.3 Å². The lowest BCUT2D eigenvalue weighted by Crippen LogP contribution is -2.12. The molecule has 3 nitrogen and oxygen atoms in total. The fraction of sp³-hybridized carbons (Fsp3) is 0.375. The smallest absolute Gasteiger partial charge is 0.317 e. The minimum atomic E-state index is -0.266. The molecule has 2 rings (SSSR count). The van der Waals surface area contributed by atoms with Crippen molar-refractivity contribution in [3.63, 3.8) is 0 Å². The third kappa shape index (κ3) is 3.67. The maximum atomic E-state index is 11.9. The second-order valence-corrected chi connectivity index (χ2v) is 6.14. The maximum absolute atomic E-state index is 11.9. The van der Waals surface area contributed by atoms with Crippen molar-refractivity contribution in [3.05, 3.63) is 45.4 Å². The first-order valence-electron chi connectivity index (χ1n) is 6.68. The molecule has 4 heteroatoms. The number of aryl methyl sites for hydroxylation is 2. The molecule has 0 atom stereocenters. The van der Waals surface area contributed by atoms with Gasteiger partial charge < -0.3 is 4.74 Å². The van der Waals surface area contributed by atoms with Gasteiger partial charge in [-0.2, -0.15) is 0 Å². The number of benzene rings is 1. The van der Waals surface area contributed by atoms with Crippen LogP contribution in [-0.2, 0) is 11.2 Å². The zero-order valence-electron chi connectivity index (χ0n) is 12.3. The van der Waals surface area contributed by atoms with Crippen LogP contribution in [0.2, 0.25) is 0 Å². The SMILES string of the molecule is Cc1ccc(OC(=O)Cc2csc(C(C)C)n2)c(C)c1. The van der Waals surface area contributed by atoms with Gasteiger partial charge in [-0.1, -0.05) is 31.5 Å². The number of carbonyl (C=O) groups excluding carboxylic acids is 1. The third-order valence-corrected chi connectivity index (χ3v) is 4.14. The Bertz CT molecular complexity index is 617. The molecular weight excluding hydrogens is 270 g/mol. The first kappa shape index (κ1) is 14.7. The van der Waals surface area contributed by atoms with Crippen LogP contribution in [0.5, 0.6) is 5.75 Å². The quantitative estimate of drug-likeness (QED) is 0.630. The van der Waals surface area contributed by atoms with Gasteiger partial charge in [0.15, 0.2) is 0 Å². The van der Waals surface area contributed by atoms with Gasteiger partial charge in [-0.15, -0.1) is 11.3 Å². The molecule has 106 valence electrons. The van der Waals surface area contributed by atoms with E-state index in [9.17, 15) is 4.79 Å². The minimum absolute atomic E-state index is 0.219. The van der Waals surface area contributed by atoms with Crippen LogP contribution < -0.4 is 4.74 Å². The van der Waals surface area contributed by atoms with Crippen molar-refractivity contribution in [1.82, 2.24) is 4.98 Å². The summed E-state index contributed by atoms with van der Waals surface area (Å²) in [4.78, 5) is 16.4. The van der Waals surface area contributed by atoms with Gasteiger partial charge in [0.1, 0.15) is 5.75 Å². The molecule has 0 saturated carbocycles. The molecular formula is C16H19NO2S. The Morgan fingerprint density at radius 2 is 2.10 bits per heavy atom. The van der Waals surface area contributed by atoms with E-state index in [0.29, 0.717) is 11.7 Å². The zero-order valence-corrected chi connectivity index (χ0v) is 13.1. The van der Waals surface area contributed by atoms with Crippen LogP contribution in [0.25, 0.3) is 0 Å². The summed E-state index contributed by atoms with van der Waals surface area (Å²) in [6, 6.07) is 5.78. The molecule has 0 spiro atoms. The second kappa shape index (κ2) is 6.18. The van der Waals surface area contributed by atoms with Gasteiger partial charge >= 0.3 is 5.97 Å². The fourth-order valence-corrected chi connectivity index (χ4v) is 2.72. The number of aromatic nitrogens is 1. The summed E-state index contributed by atoms with van der Waals surface area (Å²) < 4.78 is 5.40. The summed E-state index contributed by atoms with van der Waals surface area (Å²) in [6.07, 6.45) is 0.219. The standard InChI is InChI=1S/C16H19NO2S/c1-10(2)16-17-13(9-20-16)8-15(18)19-14-6-5-11(3)7-12(14)4/h5-7,9-10H,8H2,1-4H3. The van der Waals surface area contributed by atoms with Crippen LogP contribution in [-0.4, -0.2) is 11.0 Å². The summed E-state index contributed by atoms with van der Waals surface area (Å²) in [5.74, 6) is 0.751. The lowest BCUT2D eigenvalue weighted by molar-refractivity contribution is -0.133. The summed E-state index contributed by atoms with van der Waals surface area (Å²) in [5, 5.41) is 2.98. The monoisotopic (exact) mass is 289 g/mol. The van der Waals surface area contributed by atoms with E-state index < -0.39 is 0 Å². The average Bonchev–Trinajstić information content (AvgIpc) is 2.81. The van der Waals surface area contributed by atoms with E-state index in [1.165, 1.54) is 0 Å². The fourth-order valence-electron chi connectivity index (χ4n) is 1.89. The van der Waals surface area contributed by atoms with Crippen molar-refractivity contribution in [2.45, 2.75) is 40.0 Å². The molecule has 1 aromatic carbocycles. The highest BCUT2D eigenvalue weighted by atomic mass is 32.1. The zero-order chi connectivity index (χ0) is 14.7. The molecule has 0 aliphatic rings. The van der Waals surface area contributed by atoms with Crippen LogP contribution in [0.1, 0.15) is 41.6 Å². The number of hydrogen-bond acceptors (Lipinski definition) is 4. The highest BCUT2D eigenvalue weighted by molar-refractivity contribution is 7.09. The Labute approximate surface area is 123 Å². The Kier molecular flexibility index (Phi) is 4.55. The molecule has 0 aliphatic heterocycles. The normalized spacial score (nSPS) is 10.8.